The average Bonchev–Trinajstić information content (AvgIpc) is 2.69. The third kappa shape index (κ3) is 2.15. The lowest BCUT2D eigenvalue weighted by molar-refractivity contribution is 0.0698. The van der Waals surface area contributed by atoms with Crippen LogP contribution in [-0.2, 0) is 0 Å². The van der Waals surface area contributed by atoms with E-state index < -0.39 is 5.97 Å². The highest BCUT2D eigenvalue weighted by molar-refractivity contribution is 5.94. The molecule has 0 saturated carbocycles. The van der Waals surface area contributed by atoms with Crippen molar-refractivity contribution in [3.05, 3.63) is 23.8 Å². The molecule has 1 aromatic carbocycles. The summed E-state index contributed by atoms with van der Waals surface area (Å²) in [4.78, 5) is 13.3. The maximum absolute atomic E-state index is 10.9. The summed E-state index contributed by atoms with van der Waals surface area (Å²) in [5.74, 6) is -0.972. The number of rotatable bonds is 3. The second kappa shape index (κ2) is 4.88. The normalized spacial score (nSPS) is 23.3. The minimum atomic E-state index is -0.972. The summed E-state index contributed by atoms with van der Waals surface area (Å²) < 4.78 is 0. The van der Waals surface area contributed by atoms with Crippen LogP contribution in [0.2, 0.25) is 0 Å². The van der Waals surface area contributed by atoms with Gasteiger partial charge in [0.25, 0.3) is 0 Å². The van der Waals surface area contributed by atoms with Gasteiger partial charge >= 0.3 is 5.97 Å². The second-order valence-corrected chi connectivity index (χ2v) is 4.97. The maximum atomic E-state index is 10.9. The van der Waals surface area contributed by atoms with Gasteiger partial charge in [0.15, 0.2) is 0 Å². The van der Waals surface area contributed by atoms with Crippen molar-refractivity contribution in [2.75, 3.05) is 10.6 Å². The van der Waals surface area contributed by atoms with Crippen molar-refractivity contribution in [3.63, 3.8) is 0 Å². The Hall–Kier alpha value is -1.71. The highest BCUT2D eigenvalue weighted by Gasteiger charge is 2.29. The second-order valence-electron chi connectivity index (χ2n) is 4.97. The van der Waals surface area contributed by atoms with Crippen molar-refractivity contribution in [1.82, 2.24) is 0 Å². The summed E-state index contributed by atoms with van der Waals surface area (Å²) in [5.41, 5.74) is 7.37. The zero-order valence-electron chi connectivity index (χ0n) is 10.9. The molecule has 98 valence electrons. The van der Waals surface area contributed by atoms with E-state index in [1.165, 1.54) is 12.8 Å². The topological polar surface area (TPSA) is 66.6 Å². The van der Waals surface area contributed by atoms with E-state index in [2.05, 4.69) is 18.7 Å². The number of nitrogen functional groups attached to an aromatic ring is 1. The monoisotopic (exact) mass is 248 g/mol. The molecule has 18 heavy (non-hydrogen) atoms. The van der Waals surface area contributed by atoms with Gasteiger partial charge in [0.2, 0.25) is 0 Å². The molecule has 3 N–H and O–H groups in total. The number of benzene rings is 1. The lowest BCUT2D eigenvalue weighted by Gasteiger charge is -2.30. The van der Waals surface area contributed by atoms with Crippen LogP contribution in [0, 0.1) is 0 Å². The van der Waals surface area contributed by atoms with Crippen molar-refractivity contribution in [3.8, 4) is 0 Å². The van der Waals surface area contributed by atoms with E-state index in [1.54, 1.807) is 12.1 Å². The van der Waals surface area contributed by atoms with Crippen LogP contribution in [0.1, 0.15) is 43.5 Å². The molecular formula is C14H20N2O2. The van der Waals surface area contributed by atoms with Gasteiger partial charge in [0, 0.05) is 23.5 Å². The van der Waals surface area contributed by atoms with E-state index in [0.717, 1.165) is 12.1 Å². The zero-order chi connectivity index (χ0) is 13.3. The first-order chi connectivity index (χ1) is 8.54. The first-order valence-electron chi connectivity index (χ1n) is 6.45. The number of carboxylic acid groups (broad SMARTS) is 1. The Balaban J connectivity index is 2.33. The highest BCUT2D eigenvalue weighted by atomic mass is 16.4. The quantitative estimate of drug-likeness (QED) is 0.807. The molecule has 1 heterocycles. The van der Waals surface area contributed by atoms with Crippen LogP contribution in [0.15, 0.2) is 18.2 Å². The molecule has 4 nitrogen and oxygen atoms in total. The SMILES string of the molecule is CCC1CCC(C)N1c1ccc(C(=O)O)c(N)c1. The van der Waals surface area contributed by atoms with Gasteiger partial charge in [-0.25, -0.2) is 4.79 Å². The van der Waals surface area contributed by atoms with Crippen LogP contribution in [0.25, 0.3) is 0 Å². The number of hydrogen-bond donors (Lipinski definition) is 2. The molecule has 0 bridgehead atoms. The molecule has 0 aliphatic carbocycles. The van der Waals surface area contributed by atoms with Crippen LogP contribution in [0.3, 0.4) is 0 Å². The molecule has 1 aliphatic rings. The molecule has 0 radical (unpaired) electrons. The number of carboxylic acids is 1. The van der Waals surface area contributed by atoms with Gasteiger partial charge in [-0.2, -0.15) is 0 Å². The van der Waals surface area contributed by atoms with Gasteiger partial charge in [0.1, 0.15) is 0 Å². The summed E-state index contributed by atoms with van der Waals surface area (Å²) in [6, 6.07) is 6.28. The molecule has 1 aliphatic heterocycles. The largest absolute Gasteiger partial charge is 0.478 e. The van der Waals surface area contributed by atoms with Crippen LogP contribution in [-0.4, -0.2) is 23.2 Å². The predicted octanol–water partition coefficient (Wildman–Crippen LogP) is 2.73. The fraction of sp³-hybridized carbons (Fsp3) is 0.500. The fourth-order valence-corrected chi connectivity index (χ4v) is 2.84. The lowest BCUT2D eigenvalue weighted by atomic mass is 10.1. The summed E-state index contributed by atoms with van der Waals surface area (Å²) in [7, 11) is 0. The number of hydrogen-bond acceptors (Lipinski definition) is 3. The third-order valence-corrected chi connectivity index (χ3v) is 3.82. The Morgan fingerprint density at radius 2 is 2.22 bits per heavy atom. The molecule has 2 rings (SSSR count). The van der Waals surface area contributed by atoms with Gasteiger partial charge < -0.3 is 15.7 Å². The van der Waals surface area contributed by atoms with Crippen LogP contribution >= 0.6 is 0 Å². The van der Waals surface area contributed by atoms with Crippen molar-refractivity contribution in [2.24, 2.45) is 0 Å². The number of nitrogens with zero attached hydrogens (tertiary/aromatic N) is 1. The van der Waals surface area contributed by atoms with Gasteiger partial charge in [-0.15, -0.1) is 0 Å². The van der Waals surface area contributed by atoms with Crippen molar-refractivity contribution < 1.29 is 9.90 Å². The number of carbonyl (C=O) groups is 1. The van der Waals surface area contributed by atoms with E-state index in [9.17, 15) is 4.79 Å². The molecule has 2 atom stereocenters. The van der Waals surface area contributed by atoms with Gasteiger partial charge in [0.05, 0.1) is 5.56 Å². The Kier molecular flexibility index (Phi) is 3.45. The molecule has 0 aromatic heterocycles. The van der Waals surface area contributed by atoms with Crippen LogP contribution < -0.4 is 10.6 Å². The third-order valence-electron chi connectivity index (χ3n) is 3.82. The number of anilines is 2. The summed E-state index contributed by atoms with van der Waals surface area (Å²) in [6.45, 7) is 4.39. The molecule has 1 fully saturated rings. The number of nitrogens with two attached hydrogens (primary N) is 1. The Morgan fingerprint density at radius 3 is 2.78 bits per heavy atom. The molecular weight excluding hydrogens is 228 g/mol. The molecule has 1 saturated heterocycles. The molecule has 4 heteroatoms. The minimum absolute atomic E-state index is 0.179. The molecule has 2 unspecified atom stereocenters. The van der Waals surface area contributed by atoms with E-state index >= 15 is 0 Å². The highest BCUT2D eigenvalue weighted by Crippen LogP contribution is 2.33. The Morgan fingerprint density at radius 1 is 1.50 bits per heavy atom. The molecule has 0 spiro atoms. The summed E-state index contributed by atoms with van der Waals surface area (Å²) in [5, 5.41) is 8.98. The smallest absolute Gasteiger partial charge is 0.337 e. The first kappa shape index (κ1) is 12.7. The van der Waals surface area contributed by atoms with Crippen molar-refractivity contribution >= 4 is 17.3 Å². The van der Waals surface area contributed by atoms with Gasteiger partial charge in [-0.1, -0.05) is 6.92 Å². The van der Waals surface area contributed by atoms with E-state index in [1.807, 2.05) is 6.07 Å². The molecule has 1 aromatic rings. The first-order valence-corrected chi connectivity index (χ1v) is 6.45. The minimum Gasteiger partial charge on any atom is -0.478 e. The maximum Gasteiger partial charge on any atom is 0.337 e. The van der Waals surface area contributed by atoms with Gasteiger partial charge in [-0.05, 0) is 44.4 Å². The van der Waals surface area contributed by atoms with Gasteiger partial charge in [-0.3, -0.25) is 0 Å². The summed E-state index contributed by atoms with van der Waals surface area (Å²) in [6.07, 6.45) is 3.47. The van der Waals surface area contributed by atoms with E-state index in [0.29, 0.717) is 17.8 Å². The Bertz CT molecular complexity index is 459. The van der Waals surface area contributed by atoms with E-state index in [-0.39, 0.29) is 5.56 Å². The summed E-state index contributed by atoms with van der Waals surface area (Å²) >= 11 is 0. The Labute approximate surface area is 107 Å². The van der Waals surface area contributed by atoms with Crippen molar-refractivity contribution in [1.29, 1.82) is 0 Å². The van der Waals surface area contributed by atoms with Crippen LogP contribution in [0.5, 0.6) is 0 Å². The van der Waals surface area contributed by atoms with Crippen LogP contribution in [0.4, 0.5) is 11.4 Å². The number of aromatic carboxylic acids is 1. The van der Waals surface area contributed by atoms with E-state index in [4.69, 9.17) is 10.8 Å². The predicted molar refractivity (Wildman–Crippen MR) is 73.1 cm³/mol. The zero-order valence-corrected chi connectivity index (χ0v) is 10.9. The lowest BCUT2D eigenvalue weighted by Crippen LogP contribution is -2.34. The fourth-order valence-electron chi connectivity index (χ4n) is 2.84. The average molecular weight is 248 g/mol. The molecule has 0 amide bonds. The van der Waals surface area contributed by atoms with Crippen molar-refractivity contribution in [2.45, 2.75) is 45.2 Å². The standard InChI is InChI=1S/C14H20N2O2/c1-3-10-5-4-9(2)16(10)11-6-7-12(14(17)18)13(15)8-11/h6-10H,3-5,15H2,1-2H3,(H,17,18).